The third kappa shape index (κ3) is 4.01. The molecule has 0 aliphatic carbocycles. The number of carbonyl (C=O) groups excluding carboxylic acids is 2. The molecule has 1 N–H and O–H groups in total. The molecule has 1 aromatic carbocycles. The van der Waals surface area contributed by atoms with E-state index >= 15 is 0 Å². The molecular formula is C17H17ClN2O3S. The summed E-state index contributed by atoms with van der Waals surface area (Å²) in [4.78, 5) is 25.8. The average Bonchev–Trinajstić information content (AvgIpc) is 2.50. The molecule has 0 bridgehead atoms. The summed E-state index contributed by atoms with van der Waals surface area (Å²) in [6.45, 7) is 7.59. The molecule has 1 fully saturated rings. The highest BCUT2D eigenvalue weighted by Crippen LogP contribution is 2.27. The van der Waals surface area contributed by atoms with E-state index in [0.717, 1.165) is 0 Å². The van der Waals surface area contributed by atoms with Gasteiger partial charge in [-0.05, 0) is 49.8 Å². The van der Waals surface area contributed by atoms with E-state index in [1.165, 1.54) is 17.1 Å². The molecule has 0 atom stereocenters. The number of thiocarbonyl (C=S) groups is 1. The molecule has 24 heavy (non-hydrogen) atoms. The average molecular weight is 365 g/mol. The lowest BCUT2D eigenvalue weighted by Gasteiger charge is -2.27. The third-order valence-corrected chi connectivity index (χ3v) is 3.74. The fourth-order valence-electron chi connectivity index (χ4n) is 2.11. The largest absolute Gasteiger partial charge is 0.489 e. The monoisotopic (exact) mass is 364 g/mol. The van der Waals surface area contributed by atoms with Crippen LogP contribution >= 0.6 is 23.8 Å². The predicted molar refractivity (Wildman–Crippen MR) is 97.8 cm³/mol. The number of nitrogens with zero attached hydrogens (tertiary/aromatic N) is 1. The molecule has 0 unspecified atom stereocenters. The van der Waals surface area contributed by atoms with Crippen molar-refractivity contribution in [2.45, 2.75) is 20.0 Å². The van der Waals surface area contributed by atoms with Crippen molar-refractivity contribution in [3.05, 3.63) is 47.0 Å². The quantitative estimate of drug-likeness (QED) is 0.378. The van der Waals surface area contributed by atoms with Crippen LogP contribution in [0, 0.1) is 0 Å². The van der Waals surface area contributed by atoms with Crippen molar-refractivity contribution in [1.29, 1.82) is 0 Å². The van der Waals surface area contributed by atoms with Gasteiger partial charge in [-0.25, -0.2) is 0 Å². The van der Waals surface area contributed by atoms with Gasteiger partial charge in [0.2, 0.25) is 0 Å². The van der Waals surface area contributed by atoms with Crippen molar-refractivity contribution >= 4 is 46.8 Å². The molecular weight excluding hydrogens is 348 g/mol. The maximum atomic E-state index is 12.4. The number of amides is 2. The smallest absolute Gasteiger partial charge is 0.265 e. The fourth-order valence-corrected chi connectivity index (χ4v) is 2.60. The van der Waals surface area contributed by atoms with Crippen LogP contribution in [0.5, 0.6) is 5.75 Å². The van der Waals surface area contributed by atoms with E-state index in [1.54, 1.807) is 18.2 Å². The maximum absolute atomic E-state index is 12.4. The van der Waals surface area contributed by atoms with E-state index < -0.39 is 11.8 Å². The van der Waals surface area contributed by atoms with Gasteiger partial charge in [-0.2, -0.15) is 0 Å². The Morgan fingerprint density at radius 2 is 2.12 bits per heavy atom. The Labute approximate surface area is 150 Å². The molecule has 0 aromatic heterocycles. The Morgan fingerprint density at radius 1 is 1.42 bits per heavy atom. The lowest BCUT2D eigenvalue weighted by Crippen LogP contribution is -2.53. The highest BCUT2D eigenvalue weighted by Gasteiger charge is 2.32. The number of benzene rings is 1. The van der Waals surface area contributed by atoms with Crippen LogP contribution in [0.15, 0.2) is 36.4 Å². The number of hydrogen-bond acceptors (Lipinski definition) is 4. The summed E-state index contributed by atoms with van der Waals surface area (Å²) in [6, 6.07) is 5.06. The molecule has 0 radical (unpaired) electrons. The van der Waals surface area contributed by atoms with Crippen LogP contribution in [-0.2, 0) is 9.59 Å². The van der Waals surface area contributed by atoms with Gasteiger partial charge in [0.05, 0.1) is 11.1 Å². The molecule has 126 valence electrons. The second-order valence-electron chi connectivity index (χ2n) is 5.38. The fraction of sp³-hybridized carbons (Fsp3) is 0.235. The molecule has 1 heterocycles. The van der Waals surface area contributed by atoms with E-state index in [0.29, 0.717) is 16.3 Å². The summed E-state index contributed by atoms with van der Waals surface area (Å²) in [5, 5.41) is 2.96. The molecule has 1 aliphatic rings. The number of ether oxygens (including phenoxy) is 1. The van der Waals surface area contributed by atoms with Crippen LogP contribution < -0.4 is 10.1 Å². The highest BCUT2D eigenvalue weighted by atomic mass is 35.5. The first-order valence-corrected chi connectivity index (χ1v) is 8.08. The first kappa shape index (κ1) is 18.2. The van der Waals surface area contributed by atoms with Gasteiger partial charge in [0.25, 0.3) is 11.8 Å². The standard InChI is InChI=1S/C17H17ClN2O3S/c1-4-7-20-16(22)12(15(21)19-17(20)24)8-11-5-6-14(13(18)9-11)23-10(2)3/h4-6,8-10H,1,7H2,2-3H3,(H,19,21,24)/b12-8+. The molecule has 2 amide bonds. The highest BCUT2D eigenvalue weighted by molar-refractivity contribution is 7.80. The number of hydrogen-bond donors (Lipinski definition) is 1. The van der Waals surface area contributed by atoms with Gasteiger partial charge in [-0.15, -0.1) is 6.58 Å². The normalized spacial score (nSPS) is 16.6. The van der Waals surface area contributed by atoms with E-state index in [1.807, 2.05) is 13.8 Å². The SMILES string of the molecule is C=CCN1C(=O)/C(=C/c2ccc(OC(C)C)c(Cl)c2)C(=O)NC1=S. The Morgan fingerprint density at radius 3 is 2.71 bits per heavy atom. The molecule has 0 saturated carbocycles. The zero-order valence-electron chi connectivity index (χ0n) is 13.3. The molecule has 1 aromatic rings. The summed E-state index contributed by atoms with van der Waals surface area (Å²) < 4.78 is 5.56. The topological polar surface area (TPSA) is 58.6 Å². The van der Waals surface area contributed by atoms with E-state index in [2.05, 4.69) is 11.9 Å². The number of rotatable bonds is 5. The Bertz CT molecular complexity index is 743. The number of nitrogens with one attached hydrogen (secondary N) is 1. The van der Waals surface area contributed by atoms with Crippen molar-refractivity contribution in [2.24, 2.45) is 0 Å². The molecule has 0 spiro atoms. The van der Waals surface area contributed by atoms with Crippen molar-refractivity contribution < 1.29 is 14.3 Å². The van der Waals surface area contributed by atoms with Crippen LogP contribution in [0.4, 0.5) is 0 Å². The summed E-state index contributed by atoms with van der Waals surface area (Å²) in [6.07, 6.45) is 3.00. The second kappa shape index (κ2) is 7.59. The van der Waals surface area contributed by atoms with Crippen molar-refractivity contribution in [2.75, 3.05) is 6.54 Å². The first-order valence-electron chi connectivity index (χ1n) is 7.29. The van der Waals surface area contributed by atoms with Crippen molar-refractivity contribution in [1.82, 2.24) is 10.2 Å². The van der Waals surface area contributed by atoms with Crippen LogP contribution in [0.1, 0.15) is 19.4 Å². The van der Waals surface area contributed by atoms with Gasteiger partial charge in [-0.1, -0.05) is 23.7 Å². The zero-order valence-corrected chi connectivity index (χ0v) is 14.9. The molecule has 2 rings (SSSR count). The lowest BCUT2D eigenvalue weighted by atomic mass is 10.1. The summed E-state index contributed by atoms with van der Waals surface area (Å²) in [5.74, 6) is -0.464. The Balaban J connectivity index is 2.33. The first-order chi connectivity index (χ1) is 11.3. The van der Waals surface area contributed by atoms with Crippen LogP contribution in [0.25, 0.3) is 6.08 Å². The van der Waals surface area contributed by atoms with Crippen LogP contribution in [-0.4, -0.2) is 34.5 Å². The molecule has 7 heteroatoms. The second-order valence-corrected chi connectivity index (χ2v) is 6.17. The van der Waals surface area contributed by atoms with E-state index in [9.17, 15) is 9.59 Å². The van der Waals surface area contributed by atoms with Crippen LogP contribution in [0.3, 0.4) is 0 Å². The summed E-state index contributed by atoms with van der Waals surface area (Å²) >= 11 is 11.2. The number of carbonyl (C=O) groups is 2. The van der Waals surface area contributed by atoms with Gasteiger partial charge in [0.1, 0.15) is 11.3 Å². The third-order valence-electron chi connectivity index (χ3n) is 3.13. The minimum absolute atomic E-state index is 0.00845. The van der Waals surface area contributed by atoms with Crippen molar-refractivity contribution in [3.63, 3.8) is 0 Å². The van der Waals surface area contributed by atoms with Crippen molar-refractivity contribution in [3.8, 4) is 5.75 Å². The van der Waals surface area contributed by atoms with Gasteiger partial charge in [-0.3, -0.25) is 19.8 Å². The Hall–Kier alpha value is -2.18. The summed E-state index contributed by atoms with van der Waals surface area (Å²) in [5.41, 5.74) is 0.597. The minimum atomic E-state index is -0.538. The Kier molecular flexibility index (Phi) is 5.75. The van der Waals surface area contributed by atoms with Gasteiger partial charge >= 0.3 is 0 Å². The lowest BCUT2D eigenvalue weighted by molar-refractivity contribution is -0.128. The van der Waals surface area contributed by atoms with Gasteiger partial charge in [0.15, 0.2) is 5.11 Å². The minimum Gasteiger partial charge on any atom is -0.489 e. The zero-order chi connectivity index (χ0) is 17.9. The van der Waals surface area contributed by atoms with Gasteiger partial charge in [0, 0.05) is 6.54 Å². The molecule has 1 saturated heterocycles. The van der Waals surface area contributed by atoms with E-state index in [4.69, 9.17) is 28.6 Å². The van der Waals surface area contributed by atoms with E-state index in [-0.39, 0.29) is 23.3 Å². The summed E-state index contributed by atoms with van der Waals surface area (Å²) in [7, 11) is 0. The van der Waals surface area contributed by atoms with Crippen LogP contribution in [0.2, 0.25) is 5.02 Å². The predicted octanol–water partition coefficient (Wildman–Crippen LogP) is 2.94. The van der Waals surface area contributed by atoms with Gasteiger partial charge < -0.3 is 4.74 Å². The molecule has 5 nitrogen and oxygen atoms in total. The maximum Gasteiger partial charge on any atom is 0.265 e. The number of halogens is 1. The molecule has 1 aliphatic heterocycles.